The molecule has 0 amide bonds. The summed E-state index contributed by atoms with van der Waals surface area (Å²) in [6.45, 7) is 0. The molecule has 0 saturated heterocycles. The lowest BCUT2D eigenvalue weighted by Gasteiger charge is -2.18. The number of Topliss-reactive ketones (excluding diaryl/α,β-unsaturated/α-hetero) is 2. The van der Waals surface area contributed by atoms with Gasteiger partial charge in [0.1, 0.15) is 11.5 Å². The van der Waals surface area contributed by atoms with E-state index in [2.05, 4.69) is 0 Å². The first-order valence-electron chi connectivity index (χ1n) is 9.42. The fourth-order valence-corrected chi connectivity index (χ4v) is 3.30. The molecule has 2 rings (SSSR count). The Morgan fingerprint density at radius 3 is 2.04 bits per heavy atom. The molecular weight excluding hydrogens is 332 g/mol. The molecule has 0 atom stereocenters. The number of allylic oxidation sites excluding steroid dienone is 2. The first kappa shape index (κ1) is 20.2. The van der Waals surface area contributed by atoms with Crippen LogP contribution >= 0.6 is 0 Å². The topological polar surface area (TPSA) is 94.8 Å². The van der Waals surface area contributed by atoms with Gasteiger partial charge in [0.2, 0.25) is 0 Å². The lowest BCUT2D eigenvalue weighted by Crippen LogP contribution is -2.30. The number of ketones is 2. The minimum atomic E-state index is -0.909. The fraction of sp³-hybridized carbons (Fsp3) is 0.524. The minimum Gasteiger partial charge on any atom is -0.511 e. The Morgan fingerprint density at radius 2 is 1.42 bits per heavy atom. The molecule has 0 spiro atoms. The molecule has 1 aromatic rings. The van der Waals surface area contributed by atoms with E-state index in [0.717, 1.165) is 44.9 Å². The highest BCUT2D eigenvalue weighted by atomic mass is 16.3. The molecule has 142 valence electrons. The molecule has 0 unspecified atom stereocenters. The SMILES string of the molecule is O=C1CC(O)CC(=O)C1=C(O)CCCCCCCCc1ccc(O)cc1. The fourth-order valence-electron chi connectivity index (χ4n) is 3.30. The first-order chi connectivity index (χ1) is 12.5. The van der Waals surface area contributed by atoms with Crippen LogP contribution in [0.1, 0.15) is 63.4 Å². The number of phenols is 1. The maximum Gasteiger partial charge on any atom is 0.172 e. The van der Waals surface area contributed by atoms with Gasteiger partial charge in [0, 0.05) is 19.3 Å². The zero-order valence-corrected chi connectivity index (χ0v) is 15.1. The van der Waals surface area contributed by atoms with Crippen LogP contribution in [0.25, 0.3) is 0 Å². The molecule has 0 aliphatic heterocycles. The highest BCUT2D eigenvalue weighted by molar-refractivity contribution is 6.22. The van der Waals surface area contributed by atoms with Crippen molar-refractivity contribution < 1.29 is 24.9 Å². The molecule has 1 saturated carbocycles. The zero-order valence-electron chi connectivity index (χ0n) is 15.1. The number of aliphatic hydroxyl groups is 2. The van der Waals surface area contributed by atoms with Crippen molar-refractivity contribution in [3.63, 3.8) is 0 Å². The molecule has 26 heavy (non-hydrogen) atoms. The summed E-state index contributed by atoms with van der Waals surface area (Å²) in [4.78, 5) is 23.6. The van der Waals surface area contributed by atoms with E-state index in [9.17, 15) is 24.9 Å². The van der Waals surface area contributed by atoms with Crippen LogP contribution in [-0.2, 0) is 16.0 Å². The lowest BCUT2D eigenvalue weighted by molar-refractivity contribution is -0.127. The van der Waals surface area contributed by atoms with Crippen molar-refractivity contribution in [3.8, 4) is 5.75 Å². The monoisotopic (exact) mass is 360 g/mol. The number of benzene rings is 1. The molecular formula is C21H28O5. The number of rotatable bonds is 9. The van der Waals surface area contributed by atoms with Gasteiger partial charge in [0.25, 0.3) is 0 Å². The van der Waals surface area contributed by atoms with Gasteiger partial charge in [-0.15, -0.1) is 0 Å². The smallest absolute Gasteiger partial charge is 0.172 e. The number of hydrogen-bond acceptors (Lipinski definition) is 5. The molecule has 1 aliphatic carbocycles. The second kappa shape index (κ2) is 10.1. The molecule has 0 radical (unpaired) electrons. The molecule has 0 bridgehead atoms. The van der Waals surface area contributed by atoms with E-state index < -0.39 is 17.7 Å². The third kappa shape index (κ3) is 6.30. The van der Waals surface area contributed by atoms with Crippen LogP contribution in [-0.4, -0.2) is 33.0 Å². The van der Waals surface area contributed by atoms with Crippen molar-refractivity contribution in [1.82, 2.24) is 0 Å². The number of aromatic hydroxyl groups is 1. The van der Waals surface area contributed by atoms with Crippen LogP contribution in [0.3, 0.4) is 0 Å². The molecule has 0 aromatic heterocycles. The second-order valence-electron chi connectivity index (χ2n) is 7.02. The number of hydrogen-bond donors (Lipinski definition) is 3. The van der Waals surface area contributed by atoms with Gasteiger partial charge in [0.15, 0.2) is 11.6 Å². The summed E-state index contributed by atoms with van der Waals surface area (Å²) in [6, 6.07) is 7.30. The Morgan fingerprint density at radius 1 is 0.885 bits per heavy atom. The summed E-state index contributed by atoms with van der Waals surface area (Å²) in [5.74, 6) is -0.708. The number of carbonyl (C=O) groups excluding carboxylic acids is 2. The largest absolute Gasteiger partial charge is 0.511 e. The Kier molecular flexibility index (Phi) is 7.85. The summed E-state index contributed by atoms with van der Waals surface area (Å²) in [7, 11) is 0. The van der Waals surface area contributed by atoms with Gasteiger partial charge in [-0.2, -0.15) is 0 Å². The van der Waals surface area contributed by atoms with E-state index in [1.165, 1.54) is 5.56 Å². The van der Waals surface area contributed by atoms with Crippen LogP contribution < -0.4 is 0 Å². The van der Waals surface area contributed by atoms with Gasteiger partial charge in [-0.25, -0.2) is 0 Å². The third-order valence-corrected chi connectivity index (χ3v) is 4.75. The van der Waals surface area contributed by atoms with Gasteiger partial charge >= 0.3 is 0 Å². The van der Waals surface area contributed by atoms with Crippen molar-refractivity contribution in [2.24, 2.45) is 0 Å². The van der Waals surface area contributed by atoms with Crippen molar-refractivity contribution in [2.75, 3.05) is 0 Å². The zero-order chi connectivity index (χ0) is 18.9. The average Bonchev–Trinajstić information content (AvgIpc) is 2.58. The van der Waals surface area contributed by atoms with Gasteiger partial charge in [-0.3, -0.25) is 9.59 Å². The van der Waals surface area contributed by atoms with Crippen molar-refractivity contribution in [3.05, 3.63) is 41.2 Å². The van der Waals surface area contributed by atoms with E-state index in [1.807, 2.05) is 12.1 Å². The molecule has 0 heterocycles. The molecule has 1 aliphatic rings. The first-order valence-corrected chi connectivity index (χ1v) is 9.42. The maximum absolute atomic E-state index is 11.8. The Bertz CT molecular complexity index is 625. The van der Waals surface area contributed by atoms with Crippen molar-refractivity contribution in [1.29, 1.82) is 0 Å². The summed E-state index contributed by atoms with van der Waals surface area (Å²) in [5, 5.41) is 28.7. The maximum atomic E-state index is 11.8. The van der Waals surface area contributed by atoms with Crippen LogP contribution in [0.2, 0.25) is 0 Å². The van der Waals surface area contributed by atoms with Crippen molar-refractivity contribution >= 4 is 11.6 Å². The quantitative estimate of drug-likeness (QED) is 0.270. The van der Waals surface area contributed by atoms with E-state index in [0.29, 0.717) is 12.2 Å². The molecule has 1 aromatic carbocycles. The number of unbranched alkanes of at least 4 members (excludes halogenated alkanes) is 5. The molecule has 5 nitrogen and oxygen atoms in total. The Labute approximate surface area is 154 Å². The summed E-state index contributed by atoms with van der Waals surface area (Å²) < 4.78 is 0. The highest BCUT2D eigenvalue weighted by Crippen LogP contribution is 2.22. The van der Waals surface area contributed by atoms with Gasteiger partial charge < -0.3 is 15.3 Å². The Balaban J connectivity index is 1.58. The third-order valence-electron chi connectivity index (χ3n) is 4.75. The Hall–Kier alpha value is -2.14. The standard InChI is InChI=1S/C21H28O5/c22-16-11-9-15(10-12-16)7-5-3-1-2-4-6-8-18(24)21-19(25)13-17(23)14-20(21)26/h9-12,17,22-24H,1-8,13-14H2. The predicted octanol–water partition coefficient (Wildman–Crippen LogP) is 3.77. The number of carbonyl (C=O) groups is 2. The van der Waals surface area contributed by atoms with E-state index in [-0.39, 0.29) is 24.2 Å². The lowest BCUT2D eigenvalue weighted by atomic mass is 9.88. The van der Waals surface area contributed by atoms with Crippen LogP contribution in [0, 0.1) is 0 Å². The predicted molar refractivity (Wildman–Crippen MR) is 99.0 cm³/mol. The van der Waals surface area contributed by atoms with Gasteiger partial charge in [-0.1, -0.05) is 37.8 Å². The number of aliphatic hydroxyl groups excluding tert-OH is 2. The van der Waals surface area contributed by atoms with Gasteiger partial charge in [0.05, 0.1) is 11.7 Å². The van der Waals surface area contributed by atoms with Crippen LogP contribution in [0.15, 0.2) is 35.6 Å². The number of aryl methyl sites for hydroxylation is 1. The molecule has 1 fully saturated rings. The van der Waals surface area contributed by atoms with E-state index in [4.69, 9.17) is 0 Å². The minimum absolute atomic E-state index is 0.0772. The number of phenolic OH excluding ortho intramolecular Hbond substituents is 1. The van der Waals surface area contributed by atoms with Gasteiger partial charge in [-0.05, 0) is 37.0 Å². The highest BCUT2D eigenvalue weighted by Gasteiger charge is 2.31. The van der Waals surface area contributed by atoms with Crippen LogP contribution in [0.5, 0.6) is 5.75 Å². The normalized spacial score (nSPS) is 17.6. The second-order valence-corrected chi connectivity index (χ2v) is 7.02. The van der Waals surface area contributed by atoms with E-state index in [1.54, 1.807) is 12.1 Å². The molecule has 5 heteroatoms. The average molecular weight is 360 g/mol. The van der Waals surface area contributed by atoms with E-state index >= 15 is 0 Å². The van der Waals surface area contributed by atoms with Crippen molar-refractivity contribution in [2.45, 2.75) is 70.3 Å². The summed E-state index contributed by atoms with van der Waals surface area (Å²) >= 11 is 0. The summed E-state index contributed by atoms with van der Waals surface area (Å²) in [6.07, 6.45) is 6.37. The summed E-state index contributed by atoms with van der Waals surface area (Å²) in [5.41, 5.74) is 1.13. The van der Waals surface area contributed by atoms with Crippen LogP contribution in [0.4, 0.5) is 0 Å². The molecule has 3 N–H and O–H groups in total.